The van der Waals surface area contributed by atoms with E-state index in [0.717, 1.165) is 26.8 Å². The highest BCUT2D eigenvalue weighted by atomic mass is 79.9. The van der Waals surface area contributed by atoms with E-state index < -0.39 is 67.9 Å². The van der Waals surface area contributed by atoms with Gasteiger partial charge in [-0.3, -0.25) is 9.59 Å². The van der Waals surface area contributed by atoms with Gasteiger partial charge in [-0.15, -0.1) is 0 Å². The molecule has 0 amide bonds. The number of rotatable bonds is 8. The molecule has 1 unspecified atom stereocenters. The standard InChI is InChI=1S/C21H26Br2F2O11S/c1-18(2,3)15(28)34-14(27)13(26)21(31,35-16(29)19(4,5)6)20(24,25)17(30)36-37(32,33)12-8-7-10(22)9-11(12)23/h7-9,13-14,26-27,31H,1-6H3/t13-,14?,21-/m1/s1. The lowest BCUT2D eigenvalue weighted by molar-refractivity contribution is -0.356. The van der Waals surface area contributed by atoms with Gasteiger partial charge < -0.3 is 29.0 Å². The van der Waals surface area contributed by atoms with Crippen molar-refractivity contribution in [2.24, 2.45) is 10.8 Å². The Bertz CT molecular complexity index is 1160. The molecule has 0 spiro atoms. The fraction of sp³-hybridized carbons (Fsp3) is 0.571. The molecule has 0 bridgehead atoms. The second-order valence-electron chi connectivity index (χ2n) is 9.80. The number of aliphatic hydroxyl groups is 3. The molecule has 3 atom stereocenters. The molecule has 0 aliphatic carbocycles. The van der Waals surface area contributed by atoms with E-state index in [1.54, 1.807) is 0 Å². The molecule has 1 aromatic carbocycles. The van der Waals surface area contributed by atoms with Crippen molar-refractivity contribution in [2.75, 3.05) is 0 Å². The lowest BCUT2D eigenvalue weighted by Crippen LogP contribution is -2.67. The van der Waals surface area contributed by atoms with Crippen LogP contribution >= 0.6 is 31.9 Å². The lowest BCUT2D eigenvalue weighted by atomic mass is 9.95. The zero-order valence-electron chi connectivity index (χ0n) is 20.4. The molecule has 0 heterocycles. The maximum absolute atomic E-state index is 15.3. The van der Waals surface area contributed by atoms with Crippen molar-refractivity contribution in [1.82, 2.24) is 0 Å². The van der Waals surface area contributed by atoms with Crippen LogP contribution in [0.4, 0.5) is 8.78 Å². The summed E-state index contributed by atoms with van der Waals surface area (Å²) in [6.45, 7) is 7.38. The van der Waals surface area contributed by atoms with E-state index in [9.17, 15) is 38.1 Å². The molecule has 1 rings (SSSR count). The summed E-state index contributed by atoms with van der Waals surface area (Å²) in [4.78, 5) is 36.0. The molecule has 0 aliphatic rings. The van der Waals surface area contributed by atoms with Crippen LogP contribution in [0.25, 0.3) is 0 Å². The predicted octanol–water partition coefficient (Wildman–Crippen LogP) is 2.63. The summed E-state index contributed by atoms with van der Waals surface area (Å²) in [5.74, 6) is -16.1. The van der Waals surface area contributed by atoms with Crippen LogP contribution in [-0.2, 0) is 38.2 Å². The van der Waals surface area contributed by atoms with Crippen LogP contribution < -0.4 is 0 Å². The van der Waals surface area contributed by atoms with Gasteiger partial charge in [0.05, 0.1) is 10.8 Å². The maximum Gasteiger partial charge on any atom is 0.410 e. The van der Waals surface area contributed by atoms with E-state index in [-0.39, 0.29) is 4.47 Å². The smallest absolute Gasteiger partial charge is 0.410 e. The largest absolute Gasteiger partial charge is 0.432 e. The van der Waals surface area contributed by atoms with Gasteiger partial charge in [-0.1, -0.05) is 15.9 Å². The lowest BCUT2D eigenvalue weighted by Gasteiger charge is -2.39. The van der Waals surface area contributed by atoms with E-state index in [1.165, 1.54) is 32.9 Å². The van der Waals surface area contributed by atoms with Crippen molar-refractivity contribution in [1.29, 1.82) is 0 Å². The number of benzene rings is 1. The van der Waals surface area contributed by atoms with E-state index in [1.807, 2.05) is 0 Å². The van der Waals surface area contributed by atoms with Crippen molar-refractivity contribution >= 4 is 59.9 Å². The Labute approximate surface area is 228 Å². The van der Waals surface area contributed by atoms with Crippen LogP contribution in [0.3, 0.4) is 0 Å². The van der Waals surface area contributed by atoms with Crippen molar-refractivity contribution in [3.8, 4) is 0 Å². The molecular formula is C21H26Br2F2O11S. The fourth-order valence-corrected chi connectivity index (χ4v) is 4.74. The number of hydrogen-bond acceptors (Lipinski definition) is 11. The average Bonchev–Trinajstić information content (AvgIpc) is 2.70. The Kier molecular flexibility index (Phi) is 10.1. The molecule has 37 heavy (non-hydrogen) atoms. The molecule has 16 heteroatoms. The Morgan fingerprint density at radius 2 is 1.41 bits per heavy atom. The SMILES string of the molecule is CC(C)(C)C(=O)OC(O)[C@@H](O)[C@@](O)(OC(=O)C(C)(C)C)C(F)(F)C(=O)OS(=O)(=O)c1ccc(Br)cc1Br. The second kappa shape index (κ2) is 11.2. The minimum absolute atomic E-state index is 0.197. The minimum atomic E-state index is -5.54. The number of carbonyl (C=O) groups excluding carboxylic acids is 3. The van der Waals surface area contributed by atoms with Gasteiger partial charge in [0.1, 0.15) is 4.90 Å². The Morgan fingerprint density at radius 3 is 1.84 bits per heavy atom. The molecule has 3 N–H and O–H groups in total. The molecule has 0 radical (unpaired) electrons. The van der Waals surface area contributed by atoms with Gasteiger partial charge in [-0.2, -0.15) is 17.2 Å². The molecular weight excluding hydrogens is 658 g/mol. The first-order valence-electron chi connectivity index (χ1n) is 10.2. The number of esters is 2. The van der Waals surface area contributed by atoms with Crippen molar-refractivity contribution in [3.63, 3.8) is 0 Å². The van der Waals surface area contributed by atoms with Crippen LogP contribution in [0, 0.1) is 10.8 Å². The number of alkyl halides is 2. The van der Waals surface area contributed by atoms with Gasteiger partial charge in [0.2, 0.25) is 6.29 Å². The predicted molar refractivity (Wildman–Crippen MR) is 128 cm³/mol. The summed E-state index contributed by atoms with van der Waals surface area (Å²) in [7, 11) is -5.27. The van der Waals surface area contributed by atoms with E-state index >= 15 is 8.78 Å². The fourth-order valence-electron chi connectivity index (χ4n) is 2.17. The normalized spacial score (nSPS) is 16.2. The van der Waals surface area contributed by atoms with Crippen molar-refractivity contribution in [3.05, 3.63) is 27.1 Å². The van der Waals surface area contributed by atoms with Crippen LogP contribution in [0.5, 0.6) is 0 Å². The molecule has 1 aromatic rings. The zero-order chi connectivity index (χ0) is 29.4. The number of hydrogen-bond donors (Lipinski definition) is 3. The summed E-state index contributed by atoms with van der Waals surface area (Å²) < 4.78 is 68.6. The third-order valence-corrected chi connectivity index (χ3v) is 7.10. The molecule has 11 nitrogen and oxygen atoms in total. The third kappa shape index (κ3) is 7.66. The second-order valence-corrected chi connectivity index (χ2v) is 13.1. The molecule has 0 saturated heterocycles. The molecule has 210 valence electrons. The number of carbonyl (C=O) groups is 3. The van der Waals surface area contributed by atoms with Gasteiger partial charge in [0.25, 0.3) is 0 Å². The zero-order valence-corrected chi connectivity index (χ0v) is 24.4. The van der Waals surface area contributed by atoms with Crippen molar-refractivity contribution in [2.45, 2.75) is 70.5 Å². The summed E-state index contributed by atoms with van der Waals surface area (Å²) in [6, 6.07) is 3.28. The molecule has 0 aliphatic heterocycles. The quantitative estimate of drug-likeness (QED) is 0.209. The van der Waals surface area contributed by atoms with Crippen LogP contribution in [-0.4, -0.2) is 65.7 Å². The topological polar surface area (TPSA) is 174 Å². The van der Waals surface area contributed by atoms with Gasteiger partial charge in [0, 0.05) is 8.95 Å². The summed E-state index contributed by atoms with van der Waals surface area (Å²) in [5.41, 5.74) is -2.94. The Morgan fingerprint density at radius 1 is 0.919 bits per heavy atom. The van der Waals surface area contributed by atoms with E-state index in [2.05, 4.69) is 45.5 Å². The third-order valence-electron chi connectivity index (χ3n) is 4.43. The highest BCUT2D eigenvalue weighted by molar-refractivity contribution is 9.11. The van der Waals surface area contributed by atoms with Crippen LogP contribution in [0.1, 0.15) is 41.5 Å². The first kappa shape index (κ1) is 33.3. The van der Waals surface area contributed by atoms with Gasteiger partial charge >= 0.3 is 39.7 Å². The Hall–Kier alpha value is -1.72. The highest BCUT2D eigenvalue weighted by Gasteiger charge is 2.70. The average molecular weight is 684 g/mol. The minimum Gasteiger partial charge on any atom is -0.432 e. The molecule has 0 saturated carbocycles. The summed E-state index contributed by atoms with van der Waals surface area (Å²) >= 11 is 5.92. The van der Waals surface area contributed by atoms with Gasteiger partial charge in [-0.05, 0) is 75.7 Å². The maximum atomic E-state index is 15.3. The first-order chi connectivity index (χ1) is 16.4. The first-order valence-corrected chi connectivity index (χ1v) is 13.2. The number of halogens is 4. The van der Waals surface area contributed by atoms with Gasteiger partial charge in [0.15, 0.2) is 6.10 Å². The van der Waals surface area contributed by atoms with E-state index in [4.69, 9.17) is 0 Å². The van der Waals surface area contributed by atoms with Crippen LogP contribution in [0.15, 0.2) is 32.0 Å². The summed E-state index contributed by atoms with van der Waals surface area (Å²) in [6.07, 6.45) is -6.35. The summed E-state index contributed by atoms with van der Waals surface area (Å²) in [5, 5.41) is 31.0. The Balaban J connectivity index is 3.52. The van der Waals surface area contributed by atoms with Gasteiger partial charge in [-0.25, -0.2) is 4.79 Å². The number of ether oxygens (including phenoxy) is 2. The highest BCUT2D eigenvalue weighted by Crippen LogP contribution is 2.39. The monoisotopic (exact) mass is 682 g/mol. The van der Waals surface area contributed by atoms with Crippen LogP contribution in [0.2, 0.25) is 0 Å². The number of aliphatic hydroxyl groups excluding tert-OH is 2. The van der Waals surface area contributed by atoms with Crippen molar-refractivity contribution < 1.29 is 60.6 Å². The molecule has 0 aromatic heterocycles. The van der Waals surface area contributed by atoms with E-state index in [0.29, 0.717) is 4.47 Å². The molecule has 0 fully saturated rings.